The highest BCUT2D eigenvalue weighted by molar-refractivity contribution is 5.74. The molecule has 0 spiro atoms. The van der Waals surface area contributed by atoms with Crippen LogP contribution in [0.1, 0.15) is 30.4 Å². The quantitative estimate of drug-likeness (QED) is 0.444. The van der Waals surface area contributed by atoms with Crippen LogP contribution >= 0.6 is 0 Å². The number of hydrogen-bond acceptors (Lipinski definition) is 8. The molecule has 4 rings (SSSR count). The number of hydrogen-bond donors (Lipinski definition) is 4. The number of nitrogens with zero attached hydrogens (tertiary/aromatic N) is 3. The molecule has 0 bridgehead atoms. The molecule has 2 saturated heterocycles. The molecule has 2 atom stereocenters. The lowest BCUT2D eigenvalue weighted by Gasteiger charge is -2.30. The van der Waals surface area contributed by atoms with Gasteiger partial charge in [-0.15, -0.1) is 0 Å². The fourth-order valence-electron chi connectivity index (χ4n) is 3.78. The molecular weight excluding hydrogens is 346 g/mol. The number of piperidine rings is 1. The van der Waals surface area contributed by atoms with Crippen molar-refractivity contribution in [3.63, 3.8) is 0 Å². The smallest absolute Gasteiger partial charge is 0.293 e. The molecule has 1 aromatic carbocycles. The first-order valence-electron chi connectivity index (χ1n) is 9.15. The number of nitrogens with two attached hydrogens (primary N) is 3. The van der Waals surface area contributed by atoms with Crippen molar-refractivity contribution in [1.29, 1.82) is 0 Å². The summed E-state index contributed by atoms with van der Waals surface area (Å²) < 4.78 is 1.66. The maximum Gasteiger partial charge on any atom is 0.293 e. The second-order valence-corrected chi connectivity index (χ2v) is 7.22. The van der Waals surface area contributed by atoms with E-state index in [2.05, 4.69) is 10.5 Å². The van der Waals surface area contributed by atoms with Crippen LogP contribution in [0.4, 0.5) is 11.5 Å². The summed E-state index contributed by atoms with van der Waals surface area (Å²) in [6.45, 7) is 2.77. The van der Waals surface area contributed by atoms with Crippen molar-refractivity contribution >= 4 is 11.5 Å². The Morgan fingerprint density at radius 1 is 1.30 bits per heavy atom. The van der Waals surface area contributed by atoms with Crippen LogP contribution in [0.25, 0.3) is 11.3 Å². The maximum absolute atomic E-state index is 12.6. The van der Waals surface area contributed by atoms with Crippen LogP contribution in [0.3, 0.4) is 0 Å². The van der Waals surface area contributed by atoms with Gasteiger partial charge in [0.1, 0.15) is 0 Å². The first kappa shape index (κ1) is 17.9. The van der Waals surface area contributed by atoms with Crippen LogP contribution < -0.4 is 28.3 Å². The summed E-state index contributed by atoms with van der Waals surface area (Å²) >= 11 is 0. The van der Waals surface area contributed by atoms with E-state index in [9.17, 15) is 4.79 Å². The van der Waals surface area contributed by atoms with Crippen molar-refractivity contribution in [2.24, 2.45) is 5.84 Å². The average molecular weight is 371 g/mol. The van der Waals surface area contributed by atoms with E-state index >= 15 is 0 Å². The molecule has 2 aromatic rings. The lowest BCUT2D eigenvalue weighted by atomic mass is 9.96. The predicted molar refractivity (Wildman–Crippen MR) is 103 cm³/mol. The molecule has 0 saturated carbocycles. The Hall–Kier alpha value is -2.46. The van der Waals surface area contributed by atoms with Crippen LogP contribution in [0.2, 0.25) is 0 Å². The molecule has 7 N–H and O–H groups in total. The van der Waals surface area contributed by atoms with Gasteiger partial charge in [0.15, 0.2) is 5.82 Å². The van der Waals surface area contributed by atoms with E-state index in [-0.39, 0.29) is 23.3 Å². The number of anilines is 2. The van der Waals surface area contributed by atoms with E-state index in [1.807, 2.05) is 18.2 Å². The summed E-state index contributed by atoms with van der Waals surface area (Å²) in [6.07, 6.45) is 3.55. The summed E-state index contributed by atoms with van der Waals surface area (Å²) in [5.74, 6) is 6.16. The first-order valence-corrected chi connectivity index (χ1v) is 9.15. The summed E-state index contributed by atoms with van der Waals surface area (Å²) in [4.78, 5) is 22.1. The molecule has 9 heteroatoms. The van der Waals surface area contributed by atoms with Crippen LogP contribution in [-0.4, -0.2) is 40.8 Å². The minimum Gasteiger partial charge on any atom is -0.398 e. The van der Waals surface area contributed by atoms with Gasteiger partial charge in [-0.05, 0) is 30.5 Å². The zero-order chi connectivity index (χ0) is 19.0. The molecule has 2 aliphatic rings. The van der Waals surface area contributed by atoms with E-state index in [0.29, 0.717) is 24.5 Å². The van der Waals surface area contributed by atoms with Crippen molar-refractivity contribution in [3.05, 3.63) is 40.3 Å². The van der Waals surface area contributed by atoms with Gasteiger partial charge in [0.05, 0.1) is 18.3 Å². The van der Waals surface area contributed by atoms with Crippen LogP contribution in [0.15, 0.2) is 29.2 Å². The van der Waals surface area contributed by atoms with Crippen molar-refractivity contribution in [2.75, 3.05) is 37.7 Å². The number of hydrazine groups is 1. The Balaban J connectivity index is 1.75. The molecule has 9 nitrogen and oxygen atoms in total. The Kier molecular flexibility index (Phi) is 4.83. The van der Waals surface area contributed by atoms with E-state index in [1.54, 1.807) is 15.8 Å². The zero-order valence-electron chi connectivity index (χ0n) is 15.1. The van der Waals surface area contributed by atoms with Gasteiger partial charge < -0.3 is 20.9 Å². The summed E-state index contributed by atoms with van der Waals surface area (Å²) in [5.41, 5.74) is 17.8. The molecule has 0 aliphatic carbocycles. The van der Waals surface area contributed by atoms with Gasteiger partial charge in [-0.25, -0.2) is 15.5 Å². The number of nitrogen functional groups attached to an aromatic ring is 2. The third-order valence-electron chi connectivity index (χ3n) is 5.32. The largest absolute Gasteiger partial charge is 0.398 e. The van der Waals surface area contributed by atoms with Crippen LogP contribution in [0, 0.1) is 0 Å². The fourth-order valence-corrected chi connectivity index (χ4v) is 3.78. The van der Waals surface area contributed by atoms with Crippen molar-refractivity contribution in [3.8, 4) is 11.3 Å². The fraction of sp³-hybridized carbons (Fsp3) is 0.444. The number of hydroxylamine groups is 1. The number of benzene rings is 1. The molecule has 0 amide bonds. The Morgan fingerprint density at radius 3 is 2.89 bits per heavy atom. The Labute approximate surface area is 157 Å². The van der Waals surface area contributed by atoms with Gasteiger partial charge in [0.2, 0.25) is 0 Å². The molecule has 2 unspecified atom stereocenters. The molecular formula is C18H25N7O2. The molecule has 3 heterocycles. The predicted octanol–water partition coefficient (Wildman–Crippen LogP) is 0.204. The average Bonchev–Trinajstić information content (AvgIpc) is 3.19. The number of rotatable bonds is 3. The van der Waals surface area contributed by atoms with Crippen molar-refractivity contribution < 1.29 is 4.84 Å². The number of aromatic nitrogens is 2. The second-order valence-electron chi connectivity index (χ2n) is 7.22. The summed E-state index contributed by atoms with van der Waals surface area (Å²) in [6, 6.07) is 5.82. The van der Waals surface area contributed by atoms with Crippen molar-refractivity contribution in [2.45, 2.75) is 24.8 Å². The minimum atomic E-state index is -0.290. The third kappa shape index (κ3) is 3.54. The minimum absolute atomic E-state index is 0.0303. The Bertz CT molecular complexity index is 892. The van der Waals surface area contributed by atoms with E-state index < -0.39 is 0 Å². The highest BCUT2D eigenvalue weighted by Crippen LogP contribution is 2.30. The van der Waals surface area contributed by atoms with Gasteiger partial charge in [0.25, 0.3) is 5.56 Å². The van der Waals surface area contributed by atoms with Gasteiger partial charge >= 0.3 is 0 Å². The second kappa shape index (κ2) is 7.28. The molecule has 2 fully saturated rings. The SMILES string of the molecule is Nc1ccc(C2CNOC2)cc1-c1cn(C2CCCN(N)C2)c(=O)c(N)n1. The lowest BCUT2D eigenvalue weighted by molar-refractivity contribution is 0.101. The van der Waals surface area contributed by atoms with E-state index in [1.165, 1.54) is 0 Å². The third-order valence-corrected chi connectivity index (χ3v) is 5.32. The van der Waals surface area contributed by atoms with E-state index in [4.69, 9.17) is 22.1 Å². The normalized spacial score (nSPS) is 23.6. The highest BCUT2D eigenvalue weighted by Gasteiger charge is 2.23. The molecule has 1 aromatic heterocycles. The topological polar surface area (TPSA) is 137 Å². The van der Waals surface area contributed by atoms with Gasteiger partial charge in [-0.2, -0.15) is 0 Å². The molecule has 2 aliphatic heterocycles. The Morgan fingerprint density at radius 2 is 2.15 bits per heavy atom. The van der Waals surface area contributed by atoms with Gasteiger partial charge in [-0.3, -0.25) is 10.6 Å². The first-order chi connectivity index (χ1) is 13.0. The zero-order valence-corrected chi connectivity index (χ0v) is 15.1. The highest BCUT2D eigenvalue weighted by atomic mass is 16.7. The lowest BCUT2D eigenvalue weighted by Crippen LogP contribution is -2.43. The summed E-state index contributed by atoms with van der Waals surface area (Å²) in [7, 11) is 0. The maximum atomic E-state index is 12.6. The van der Waals surface area contributed by atoms with Crippen molar-refractivity contribution in [1.82, 2.24) is 20.0 Å². The van der Waals surface area contributed by atoms with Crippen LogP contribution in [0.5, 0.6) is 0 Å². The molecule has 27 heavy (non-hydrogen) atoms. The van der Waals surface area contributed by atoms with Gasteiger partial charge in [-0.1, -0.05) is 6.07 Å². The monoisotopic (exact) mass is 371 g/mol. The van der Waals surface area contributed by atoms with E-state index in [0.717, 1.165) is 37.1 Å². The number of nitrogens with one attached hydrogen (secondary N) is 1. The molecule has 144 valence electrons. The molecule has 0 radical (unpaired) electrons. The standard InChI is InChI=1S/C18H25N7O2/c19-15-4-3-11(12-7-22-27-10-12)6-14(15)16-9-25(18(26)17(20)23-16)13-2-1-5-24(21)8-13/h3-4,6,9,12-13,22H,1-2,5,7-8,10,19,21H2,(H2,20,23). The van der Waals surface area contributed by atoms with Crippen LogP contribution in [-0.2, 0) is 4.84 Å². The summed E-state index contributed by atoms with van der Waals surface area (Å²) in [5, 5.41) is 1.74. The van der Waals surface area contributed by atoms with Gasteiger partial charge in [0, 0.05) is 43.0 Å².